The van der Waals surface area contributed by atoms with Crippen LogP contribution in [0.25, 0.3) is 10.9 Å². The monoisotopic (exact) mass is 568 g/mol. The third kappa shape index (κ3) is 6.98. The van der Waals surface area contributed by atoms with Gasteiger partial charge in [-0.25, -0.2) is 9.78 Å². The van der Waals surface area contributed by atoms with Gasteiger partial charge in [0.1, 0.15) is 5.82 Å². The number of aromatic carboxylic acids is 1. The molecule has 1 saturated heterocycles. The van der Waals surface area contributed by atoms with Crippen LogP contribution in [-0.4, -0.2) is 48.1 Å². The minimum Gasteiger partial charge on any atom is -0.478 e. The molecule has 2 aromatic carbocycles. The Balaban J connectivity index is 0.00000228. The van der Waals surface area contributed by atoms with E-state index in [1.807, 2.05) is 20.8 Å². The highest BCUT2D eigenvalue weighted by molar-refractivity contribution is 6.05. The standard InChI is InChI=1S/C27H32N4O3.3ClH/c1-17-7-6-8-23(18(17)2)30-11-13-31(14-12-30)24-16-21(25(32)33)20-15-19(9-10-22(20)29-24)28-26(34)27(3,4)5;;;/h6-10,15-16H,11-14H2,1-5H3,(H,28,34)(H,32,33);3*1H. The van der Waals surface area contributed by atoms with E-state index in [1.165, 1.54) is 16.8 Å². The average molecular weight is 570 g/mol. The van der Waals surface area contributed by atoms with Gasteiger partial charge in [0.05, 0.1) is 11.1 Å². The highest BCUT2D eigenvalue weighted by atomic mass is 35.5. The summed E-state index contributed by atoms with van der Waals surface area (Å²) >= 11 is 0. The van der Waals surface area contributed by atoms with E-state index in [1.54, 1.807) is 24.3 Å². The molecule has 7 nitrogen and oxygen atoms in total. The van der Waals surface area contributed by atoms with Crippen LogP contribution in [-0.2, 0) is 4.79 Å². The molecule has 2 heterocycles. The quantitative estimate of drug-likeness (QED) is 0.393. The Labute approximate surface area is 236 Å². The van der Waals surface area contributed by atoms with Gasteiger partial charge in [0.25, 0.3) is 0 Å². The van der Waals surface area contributed by atoms with E-state index in [4.69, 9.17) is 4.98 Å². The number of piperazine rings is 1. The number of carbonyl (C=O) groups is 2. The summed E-state index contributed by atoms with van der Waals surface area (Å²) in [5.41, 5.74) is 4.62. The number of nitrogens with one attached hydrogen (secondary N) is 1. The lowest BCUT2D eigenvalue weighted by molar-refractivity contribution is -0.123. The van der Waals surface area contributed by atoms with Crippen molar-refractivity contribution in [2.24, 2.45) is 5.41 Å². The van der Waals surface area contributed by atoms with E-state index in [0.29, 0.717) is 22.4 Å². The molecule has 1 aliphatic rings. The lowest BCUT2D eigenvalue weighted by Crippen LogP contribution is -2.47. The van der Waals surface area contributed by atoms with Gasteiger partial charge in [0.2, 0.25) is 5.91 Å². The van der Waals surface area contributed by atoms with Crippen molar-refractivity contribution < 1.29 is 14.7 Å². The molecule has 0 unspecified atom stereocenters. The molecular weight excluding hydrogens is 535 g/mol. The minimum atomic E-state index is -1.01. The maximum absolute atomic E-state index is 12.4. The molecule has 4 rings (SSSR count). The number of halogens is 3. The van der Waals surface area contributed by atoms with Gasteiger partial charge in [-0.1, -0.05) is 32.9 Å². The zero-order chi connectivity index (χ0) is 24.6. The first-order valence-electron chi connectivity index (χ1n) is 11.6. The second-order valence-electron chi connectivity index (χ2n) is 9.96. The van der Waals surface area contributed by atoms with Crippen molar-refractivity contribution in [3.8, 4) is 0 Å². The molecule has 1 aliphatic heterocycles. The molecule has 0 aliphatic carbocycles. The molecule has 1 fully saturated rings. The van der Waals surface area contributed by atoms with Crippen molar-refractivity contribution in [1.82, 2.24) is 4.98 Å². The second kappa shape index (κ2) is 12.7. The molecule has 0 atom stereocenters. The summed E-state index contributed by atoms with van der Waals surface area (Å²) in [5, 5.41) is 13.3. The molecule has 0 radical (unpaired) electrons. The Kier molecular flexibility index (Phi) is 11.1. The summed E-state index contributed by atoms with van der Waals surface area (Å²) in [4.78, 5) is 33.8. The van der Waals surface area contributed by atoms with Crippen LogP contribution in [0.5, 0.6) is 0 Å². The first-order chi connectivity index (χ1) is 16.0. The van der Waals surface area contributed by atoms with Crippen molar-refractivity contribution in [2.75, 3.05) is 41.3 Å². The molecule has 37 heavy (non-hydrogen) atoms. The number of aromatic nitrogens is 1. The van der Waals surface area contributed by atoms with Gasteiger partial charge in [0.15, 0.2) is 0 Å². The number of rotatable bonds is 4. The second-order valence-corrected chi connectivity index (χ2v) is 9.96. The zero-order valence-corrected chi connectivity index (χ0v) is 24.1. The largest absolute Gasteiger partial charge is 0.478 e. The number of benzene rings is 2. The van der Waals surface area contributed by atoms with Crippen molar-refractivity contribution in [3.63, 3.8) is 0 Å². The number of nitrogens with zero attached hydrogens (tertiary/aromatic N) is 3. The summed E-state index contributed by atoms with van der Waals surface area (Å²) in [5.74, 6) is -0.478. The van der Waals surface area contributed by atoms with Gasteiger partial charge in [-0.3, -0.25) is 4.79 Å². The number of carboxylic acids is 1. The van der Waals surface area contributed by atoms with E-state index in [0.717, 1.165) is 26.2 Å². The molecule has 1 amide bonds. The predicted octanol–water partition coefficient (Wildman–Crippen LogP) is 6.13. The number of pyridine rings is 1. The topological polar surface area (TPSA) is 85.8 Å². The SMILES string of the molecule is Cc1cccc(N2CCN(c3cc(C(=O)O)c4cc(NC(=O)C(C)(C)C)ccc4n3)CC2)c1C.Cl.Cl.Cl. The van der Waals surface area contributed by atoms with E-state index in [2.05, 4.69) is 47.2 Å². The molecule has 2 N–H and O–H groups in total. The normalized spacial score (nSPS) is 13.2. The van der Waals surface area contributed by atoms with Crippen LogP contribution in [0, 0.1) is 19.3 Å². The Bertz CT molecular complexity index is 1270. The van der Waals surface area contributed by atoms with Crippen LogP contribution in [0.15, 0.2) is 42.5 Å². The molecule has 0 bridgehead atoms. The van der Waals surface area contributed by atoms with Crippen molar-refractivity contribution in [2.45, 2.75) is 34.6 Å². The molecule has 202 valence electrons. The van der Waals surface area contributed by atoms with Crippen molar-refractivity contribution >= 4 is 77.2 Å². The highest BCUT2D eigenvalue weighted by Gasteiger charge is 2.24. The zero-order valence-electron chi connectivity index (χ0n) is 21.7. The fourth-order valence-corrected chi connectivity index (χ4v) is 4.20. The van der Waals surface area contributed by atoms with Crippen molar-refractivity contribution in [3.05, 3.63) is 59.2 Å². The molecule has 0 saturated carbocycles. The Hall–Kier alpha value is -2.74. The van der Waals surface area contributed by atoms with Crippen LogP contribution in [0.4, 0.5) is 17.2 Å². The fraction of sp³-hybridized carbons (Fsp3) is 0.370. The number of anilines is 3. The maximum Gasteiger partial charge on any atom is 0.336 e. The van der Waals surface area contributed by atoms with Crippen LogP contribution in [0.3, 0.4) is 0 Å². The lowest BCUT2D eigenvalue weighted by atomic mass is 9.95. The van der Waals surface area contributed by atoms with Gasteiger partial charge >= 0.3 is 5.97 Å². The molecule has 10 heteroatoms. The van der Waals surface area contributed by atoms with E-state index >= 15 is 0 Å². The van der Waals surface area contributed by atoms with Gasteiger partial charge in [-0.2, -0.15) is 0 Å². The summed E-state index contributed by atoms with van der Waals surface area (Å²) in [6, 6.07) is 13.3. The third-order valence-electron chi connectivity index (χ3n) is 6.49. The molecule has 3 aromatic rings. The Morgan fingerprint density at radius 1 is 0.919 bits per heavy atom. The van der Waals surface area contributed by atoms with Crippen LogP contribution in [0.1, 0.15) is 42.3 Å². The van der Waals surface area contributed by atoms with E-state index in [-0.39, 0.29) is 48.7 Å². The third-order valence-corrected chi connectivity index (χ3v) is 6.49. The summed E-state index contributed by atoms with van der Waals surface area (Å²) < 4.78 is 0. The minimum absolute atomic E-state index is 0. The molecular formula is C27H35Cl3N4O3. The number of hydrogen-bond acceptors (Lipinski definition) is 5. The van der Waals surface area contributed by atoms with E-state index in [9.17, 15) is 14.7 Å². The van der Waals surface area contributed by atoms with Gasteiger partial charge in [-0.05, 0) is 55.3 Å². The average Bonchev–Trinajstić information content (AvgIpc) is 2.79. The van der Waals surface area contributed by atoms with Crippen LogP contribution >= 0.6 is 37.2 Å². The Morgan fingerprint density at radius 2 is 1.54 bits per heavy atom. The first-order valence-corrected chi connectivity index (χ1v) is 11.6. The summed E-state index contributed by atoms with van der Waals surface area (Å²) in [7, 11) is 0. The van der Waals surface area contributed by atoms with Crippen molar-refractivity contribution in [1.29, 1.82) is 0 Å². The smallest absolute Gasteiger partial charge is 0.336 e. The number of hydrogen-bond donors (Lipinski definition) is 2. The predicted molar refractivity (Wildman–Crippen MR) is 159 cm³/mol. The van der Waals surface area contributed by atoms with Crippen LogP contribution < -0.4 is 15.1 Å². The highest BCUT2D eigenvalue weighted by Crippen LogP contribution is 2.29. The number of carboxylic acid groups (broad SMARTS) is 1. The maximum atomic E-state index is 12.4. The summed E-state index contributed by atoms with van der Waals surface area (Å²) in [6.45, 7) is 13.0. The fourth-order valence-electron chi connectivity index (χ4n) is 4.20. The molecule has 0 spiro atoms. The van der Waals surface area contributed by atoms with Crippen LogP contribution in [0.2, 0.25) is 0 Å². The Morgan fingerprint density at radius 3 is 2.14 bits per heavy atom. The summed E-state index contributed by atoms with van der Waals surface area (Å²) in [6.07, 6.45) is 0. The number of fused-ring (bicyclic) bond motifs is 1. The van der Waals surface area contributed by atoms with Gasteiger partial charge in [-0.15, -0.1) is 37.2 Å². The molecule has 1 aromatic heterocycles. The van der Waals surface area contributed by atoms with E-state index < -0.39 is 11.4 Å². The lowest BCUT2D eigenvalue weighted by Gasteiger charge is -2.37. The number of aryl methyl sites for hydroxylation is 1. The number of amides is 1. The van der Waals surface area contributed by atoms with Gasteiger partial charge in [0, 0.05) is 48.4 Å². The van der Waals surface area contributed by atoms with Gasteiger partial charge < -0.3 is 20.2 Å². The number of carbonyl (C=O) groups excluding carboxylic acids is 1. The first kappa shape index (κ1) is 32.3.